The Kier molecular flexibility index (Phi) is 4.53. The third kappa shape index (κ3) is 3.03. The molecule has 0 aliphatic heterocycles. The number of nitrogens with zero attached hydrogens (tertiary/aromatic N) is 1. The zero-order valence-corrected chi connectivity index (χ0v) is 13.4. The zero-order chi connectivity index (χ0) is 15.6. The minimum atomic E-state index is -0.0319. The molecule has 0 N–H and O–H groups in total. The molecule has 0 bridgehead atoms. The zero-order valence-electron chi connectivity index (χ0n) is 12.6. The number of benzene rings is 2. The van der Waals surface area contributed by atoms with E-state index in [9.17, 15) is 4.79 Å². The number of carbonyl (C=O) groups excluding carboxylic acids is 1. The average molecular weight is 304 g/mol. The molecule has 0 atom stereocenters. The molecule has 0 saturated carbocycles. The summed E-state index contributed by atoms with van der Waals surface area (Å²) in [5.41, 5.74) is 3.40. The van der Waals surface area contributed by atoms with E-state index in [0.717, 1.165) is 22.4 Å². The predicted octanol–water partition coefficient (Wildman–Crippen LogP) is 4.03. The molecule has 0 fully saturated rings. The number of hydrogen-bond donors (Lipinski definition) is 0. The first kappa shape index (κ1) is 15.4. The van der Waals surface area contributed by atoms with Crippen LogP contribution in [0, 0.1) is 6.92 Å². The van der Waals surface area contributed by atoms with Crippen LogP contribution >= 0.6 is 11.6 Å². The molecule has 0 spiro atoms. The fourth-order valence-electron chi connectivity index (χ4n) is 2.26. The average Bonchev–Trinajstić information content (AvgIpc) is 2.49. The van der Waals surface area contributed by atoms with Gasteiger partial charge >= 0.3 is 0 Å². The van der Waals surface area contributed by atoms with Gasteiger partial charge < -0.3 is 9.64 Å². The van der Waals surface area contributed by atoms with Gasteiger partial charge in [0.25, 0.3) is 5.91 Å². The second-order valence-corrected chi connectivity index (χ2v) is 5.44. The van der Waals surface area contributed by atoms with Crippen molar-refractivity contribution in [2.24, 2.45) is 0 Å². The number of rotatable bonds is 3. The molecule has 0 heterocycles. The van der Waals surface area contributed by atoms with Crippen molar-refractivity contribution in [1.82, 2.24) is 4.90 Å². The topological polar surface area (TPSA) is 29.5 Å². The number of methoxy groups -OCH3 is 1. The number of amides is 1. The Morgan fingerprint density at radius 2 is 1.90 bits per heavy atom. The highest BCUT2D eigenvalue weighted by atomic mass is 35.5. The van der Waals surface area contributed by atoms with Gasteiger partial charge in [0.15, 0.2) is 0 Å². The monoisotopic (exact) mass is 303 g/mol. The highest BCUT2D eigenvalue weighted by molar-refractivity contribution is 6.31. The highest BCUT2D eigenvalue weighted by Gasteiger charge is 2.14. The van der Waals surface area contributed by atoms with Gasteiger partial charge in [-0.2, -0.15) is 0 Å². The molecule has 3 nitrogen and oxygen atoms in total. The molecule has 1 amide bonds. The van der Waals surface area contributed by atoms with Gasteiger partial charge in [0.05, 0.1) is 7.11 Å². The van der Waals surface area contributed by atoms with Crippen LogP contribution in [0.3, 0.4) is 0 Å². The Balaban J connectivity index is 2.60. The lowest BCUT2D eigenvalue weighted by Crippen LogP contribution is -2.21. The molecule has 0 aliphatic rings. The van der Waals surface area contributed by atoms with Crippen molar-refractivity contribution in [2.75, 3.05) is 21.2 Å². The van der Waals surface area contributed by atoms with Gasteiger partial charge in [-0.05, 0) is 42.3 Å². The van der Waals surface area contributed by atoms with Crippen LogP contribution in [0.1, 0.15) is 15.9 Å². The molecule has 4 heteroatoms. The SMILES string of the molecule is COc1ccc(Cl)c(C)c1-c1cccc(C(=O)N(C)C)c1. The first-order valence-corrected chi connectivity index (χ1v) is 6.98. The van der Waals surface area contributed by atoms with Crippen molar-refractivity contribution < 1.29 is 9.53 Å². The summed E-state index contributed by atoms with van der Waals surface area (Å²) < 4.78 is 5.43. The lowest BCUT2D eigenvalue weighted by atomic mass is 9.97. The van der Waals surface area contributed by atoms with Gasteiger partial charge in [-0.15, -0.1) is 0 Å². The van der Waals surface area contributed by atoms with E-state index >= 15 is 0 Å². The summed E-state index contributed by atoms with van der Waals surface area (Å²) in [5.74, 6) is 0.710. The Hall–Kier alpha value is -2.00. The first-order chi connectivity index (χ1) is 9.95. The lowest BCUT2D eigenvalue weighted by Gasteiger charge is -2.15. The molecular weight excluding hydrogens is 286 g/mol. The second-order valence-electron chi connectivity index (χ2n) is 5.03. The number of halogens is 1. The molecule has 0 aliphatic carbocycles. The minimum absolute atomic E-state index is 0.0319. The van der Waals surface area contributed by atoms with Crippen LogP contribution in [0.5, 0.6) is 5.75 Å². The molecule has 21 heavy (non-hydrogen) atoms. The first-order valence-electron chi connectivity index (χ1n) is 6.61. The van der Waals surface area contributed by atoms with Crippen LogP contribution in [0.2, 0.25) is 5.02 Å². The molecule has 2 rings (SSSR count). The van der Waals surface area contributed by atoms with Crippen LogP contribution in [0.15, 0.2) is 36.4 Å². The molecular formula is C17H18ClNO2. The van der Waals surface area contributed by atoms with Gasteiger partial charge in [-0.1, -0.05) is 23.7 Å². The Bertz CT molecular complexity index is 680. The summed E-state index contributed by atoms with van der Waals surface area (Å²) in [4.78, 5) is 13.7. The van der Waals surface area contributed by atoms with E-state index in [4.69, 9.17) is 16.3 Å². The third-order valence-corrected chi connectivity index (χ3v) is 3.79. The molecule has 0 unspecified atom stereocenters. The normalized spacial score (nSPS) is 10.3. The standard InChI is InChI=1S/C17H18ClNO2/c1-11-14(18)8-9-15(21-4)16(11)12-6-5-7-13(10-12)17(20)19(2)3/h5-10H,1-4H3. The van der Waals surface area contributed by atoms with Gasteiger partial charge in [0.2, 0.25) is 0 Å². The van der Waals surface area contributed by atoms with Crippen molar-refractivity contribution in [3.8, 4) is 16.9 Å². The molecule has 2 aromatic rings. The summed E-state index contributed by atoms with van der Waals surface area (Å²) in [7, 11) is 5.10. The minimum Gasteiger partial charge on any atom is -0.496 e. The van der Waals surface area contributed by atoms with Gasteiger partial charge in [-0.3, -0.25) is 4.79 Å². The van der Waals surface area contributed by atoms with E-state index in [1.807, 2.05) is 37.3 Å². The van der Waals surface area contributed by atoms with E-state index in [-0.39, 0.29) is 5.91 Å². The smallest absolute Gasteiger partial charge is 0.253 e. The molecule has 0 saturated heterocycles. The number of hydrogen-bond acceptors (Lipinski definition) is 2. The summed E-state index contributed by atoms with van der Waals surface area (Å²) in [6.45, 7) is 1.95. The van der Waals surface area contributed by atoms with E-state index in [1.165, 1.54) is 0 Å². The fourth-order valence-corrected chi connectivity index (χ4v) is 2.41. The fraction of sp³-hybridized carbons (Fsp3) is 0.235. The predicted molar refractivity (Wildman–Crippen MR) is 86.2 cm³/mol. The summed E-state index contributed by atoms with van der Waals surface area (Å²) >= 11 is 6.21. The Morgan fingerprint density at radius 1 is 1.19 bits per heavy atom. The maximum Gasteiger partial charge on any atom is 0.253 e. The summed E-state index contributed by atoms with van der Waals surface area (Å²) in [6.07, 6.45) is 0. The van der Waals surface area contributed by atoms with E-state index < -0.39 is 0 Å². The third-order valence-electron chi connectivity index (χ3n) is 3.38. The van der Waals surface area contributed by atoms with E-state index in [0.29, 0.717) is 10.6 Å². The van der Waals surface area contributed by atoms with Crippen LogP contribution in [-0.4, -0.2) is 32.0 Å². The van der Waals surface area contributed by atoms with Gasteiger partial charge in [-0.25, -0.2) is 0 Å². The lowest BCUT2D eigenvalue weighted by molar-refractivity contribution is 0.0827. The van der Waals surface area contributed by atoms with Crippen molar-refractivity contribution in [2.45, 2.75) is 6.92 Å². The molecule has 0 radical (unpaired) electrons. The van der Waals surface area contributed by atoms with Gasteiger partial charge in [0, 0.05) is 30.2 Å². The molecule has 0 aromatic heterocycles. The van der Waals surface area contributed by atoms with Gasteiger partial charge in [0.1, 0.15) is 5.75 Å². The van der Waals surface area contributed by atoms with Crippen LogP contribution in [0.4, 0.5) is 0 Å². The van der Waals surface area contributed by atoms with Crippen molar-refractivity contribution in [3.63, 3.8) is 0 Å². The van der Waals surface area contributed by atoms with Crippen molar-refractivity contribution in [3.05, 3.63) is 52.5 Å². The van der Waals surface area contributed by atoms with Crippen LogP contribution in [0.25, 0.3) is 11.1 Å². The Labute approximate surface area is 130 Å². The quantitative estimate of drug-likeness (QED) is 0.857. The van der Waals surface area contributed by atoms with Crippen molar-refractivity contribution in [1.29, 1.82) is 0 Å². The molecule has 110 valence electrons. The maximum atomic E-state index is 12.1. The molecule has 2 aromatic carbocycles. The van der Waals surface area contributed by atoms with E-state index in [1.54, 1.807) is 32.2 Å². The second kappa shape index (κ2) is 6.19. The summed E-state index contributed by atoms with van der Waals surface area (Å²) in [5, 5.41) is 0.676. The Morgan fingerprint density at radius 3 is 2.52 bits per heavy atom. The van der Waals surface area contributed by atoms with Crippen LogP contribution < -0.4 is 4.74 Å². The number of carbonyl (C=O) groups is 1. The number of ether oxygens (including phenoxy) is 1. The summed E-state index contributed by atoms with van der Waals surface area (Å²) in [6, 6.07) is 11.1. The van der Waals surface area contributed by atoms with E-state index in [2.05, 4.69) is 0 Å². The highest BCUT2D eigenvalue weighted by Crippen LogP contribution is 2.37. The van der Waals surface area contributed by atoms with Crippen LogP contribution in [-0.2, 0) is 0 Å². The van der Waals surface area contributed by atoms with Crippen molar-refractivity contribution >= 4 is 17.5 Å². The largest absolute Gasteiger partial charge is 0.496 e. The maximum absolute atomic E-state index is 12.1.